The number of nitrogens with two attached hydrogens (primary N) is 1. The van der Waals surface area contributed by atoms with Gasteiger partial charge in [0, 0.05) is 16.2 Å². The van der Waals surface area contributed by atoms with Crippen LogP contribution in [0.3, 0.4) is 0 Å². The van der Waals surface area contributed by atoms with E-state index in [1.807, 2.05) is 24.3 Å². The van der Waals surface area contributed by atoms with E-state index in [9.17, 15) is 5.11 Å². The van der Waals surface area contributed by atoms with Crippen molar-refractivity contribution < 1.29 is 5.11 Å². The Balaban J connectivity index is 2.27. The van der Waals surface area contributed by atoms with Crippen LogP contribution in [-0.4, -0.2) is 10.8 Å². The summed E-state index contributed by atoms with van der Waals surface area (Å²) in [4.78, 5) is 5.68. The van der Waals surface area contributed by atoms with Gasteiger partial charge in [0.15, 0.2) is 0 Å². The third kappa shape index (κ3) is 4.17. The van der Waals surface area contributed by atoms with Crippen LogP contribution in [0.15, 0.2) is 57.8 Å². The summed E-state index contributed by atoms with van der Waals surface area (Å²) in [5.74, 6) is -0.0696. The minimum Gasteiger partial charge on any atom is -0.506 e. The first-order chi connectivity index (χ1) is 10.3. The monoisotopic (exact) mass is 316 g/mol. The molecule has 1 aliphatic rings. The molecule has 0 amide bonds. The number of aliphatic imine (C=N–C) groups is 1. The quantitative estimate of drug-likeness (QED) is 0.571. The molecule has 0 unspecified atom stereocenters. The van der Waals surface area contributed by atoms with Crippen molar-refractivity contribution in [2.24, 2.45) is 16.1 Å². The van der Waals surface area contributed by atoms with E-state index in [0.29, 0.717) is 12.2 Å². The van der Waals surface area contributed by atoms with Crippen LogP contribution < -0.4 is 5.73 Å². The lowest BCUT2D eigenvalue weighted by Crippen LogP contribution is -2.27. The first-order valence-electron chi connectivity index (χ1n) is 7.47. The van der Waals surface area contributed by atoms with Crippen LogP contribution in [0, 0.1) is 5.41 Å². The lowest BCUT2D eigenvalue weighted by molar-refractivity contribution is 0.327. The molecule has 1 aliphatic carbocycles. The molecule has 118 valence electrons. The second-order valence-electron chi connectivity index (χ2n) is 6.61. The Morgan fingerprint density at radius 1 is 1.36 bits per heavy atom. The molecule has 4 heteroatoms. The van der Waals surface area contributed by atoms with E-state index in [1.54, 1.807) is 0 Å². The van der Waals surface area contributed by atoms with Gasteiger partial charge in [-0.05, 0) is 42.4 Å². The third-order valence-electron chi connectivity index (χ3n) is 4.07. The number of nitrogens with zero attached hydrogens (tertiary/aromatic N) is 1. The predicted molar refractivity (Wildman–Crippen MR) is 95.4 cm³/mol. The van der Waals surface area contributed by atoms with Gasteiger partial charge in [-0.15, -0.1) is 12.6 Å². The molecular weight excluding hydrogens is 292 g/mol. The first-order valence-corrected chi connectivity index (χ1v) is 7.92. The highest BCUT2D eigenvalue weighted by Crippen LogP contribution is 2.38. The second kappa shape index (κ2) is 6.61. The fourth-order valence-corrected chi connectivity index (χ4v) is 2.81. The predicted octanol–water partition coefficient (Wildman–Crippen LogP) is 4.41. The summed E-state index contributed by atoms with van der Waals surface area (Å²) in [6, 6.07) is 7.97. The molecule has 22 heavy (non-hydrogen) atoms. The van der Waals surface area contributed by atoms with Crippen molar-refractivity contribution in [2.75, 3.05) is 0 Å². The van der Waals surface area contributed by atoms with Gasteiger partial charge in [-0.3, -0.25) is 4.99 Å². The van der Waals surface area contributed by atoms with Crippen LogP contribution in [0.2, 0.25) is 0 Å². The largest absolute Gasteiger partial charge is 0.506 e. The van der Waals surface area contributed by atoms with Gasteiger partial charge in [-0.2, -0.15) is 0 Å². The first kappa shape index (κ1) is 16.7. The Labute approximate surface area is 138 Å². The smallest absolute Gasteiger partial charge is 0.131 e. The molecule has 0 bridgehead atoms. The molecule has 2 rings (SSSR count). The Kier molecular flexibility index (Phi) is 5.01. The van der Waals surface area contributed by atoms with E-state index >= 15 is 0 Å². The molecular formula is C18H24N2OS. The molecule has 1 fully saturated rings. The van der Waals surface area contributed by atoms with Crippen molar-refractivity contribution in [3.8, 4) is 0 Å². The van der Waals surface area contributed by atoms with Crippen molar-refractivity contribution in [1.82, 2.24) is 0 Å². The molecule has 3 N–H and O–H groups in total. The summed E-state index contributed by atoms with van der Waals surface area (Å²) in [6.45, 7) is 8.58. The minimum absolute atomic E-state index is 0.0696. The number of hydrogen-bond donors (Lipinski definition) is 3. The maximum atomic E-state index is 9.64. The summed E-state index contributed by atoms with van der Waals surface area (Å²) >= 11 is 4.29. The van der Waals surface area contributed by atoms with Crippen LogP contribution >= 0.6 is 12.6 Å². The number of allylic oxidation sites excluding steroid dienone is 1. The molecule has 1 aromatic rings. The van der Waals surface area contributed by atoms with E-state index in [-0.39, 0.29) is 11.2 Å². The minimum atomic E-state index is -0.0696. The molecule has 0 radical (unpaired) electrons. The van der Waals surface area contributed by atoms with Crippen molar-refractivity contribution in [1.29, 1.82) is 0 Å². The normalized spacial score (nSPS) is 21.7. The summed E-state index contributed by atoms with van der Waals surface area (Å²) in [5, 5.41) is 9.64. The van der Waals surface area contributed by atoms with Gasteiger partial charge in [0.25, 0.3) is 0 Å². The fraction of sp³-hybridized carbons (Fsp3) is 0.389. The van der Waals surface area contributed by atoms with E-state index in [4.69, 9.17) is 10.7 Å². The average molecular weight is 316 g/mol. The van der Waals surface area contributed by atoms with Crippen LogP contribution in [0.4, 0.5) is 0 Å². The van der Waals surface area contributed by atoms with E-state index in [1.165, 1.54) is 0 Å². The highest BCUT2D eigenvalue weighted by molar-refractivity contribution is 7.80. The highest BCUT2D eigenvalue weighted by atomic mass is 32.1. The average Bonchev–Trinajstić information content (AvgIpc) is 2.46. The lowest BCUT2D eigenvalue weighted by Gasteiger charge is -2.33. The highest BCUT2D eigenvalue weighted by Gasteiger charge is 2.30. The number of rotatable bonds is 3. The Morgan fingerprint density at radius 3 is 2.59 bits per heavy atom. The molecule has 0 atom stereocenters. The zero-order valence-electron chi connectivity index (χ0n) is 13.3. The maximum absolute atomic E-state index is 9.64. The molecule has 0 aromatic heterocycles. The number of aliphatic hydroxyl groups excluding tert-OH is 1. The zero-order chi connectivity index (χ0) is 16.3. The Hall–Kier alpha value is -1.68. The van der Waals surface area contributed by atoms with Gasteiger partial charge >= 0.3 is 0 Å². The van der Waals surface area contributed by atoms with E-state index in [2.05, 4.69) is 33.1 Å². The molecule has 0 aliphatic heterocycles. The van der Waals surface area contributed by atoms with Gasteiger partial charge in [0.05, 0.1) is 12.2 Å². The van der Waals surface area contributed by atoms with Crippen molar-refractivity contribution in [3.63, 3.8) is 0 Å². The van der Waals surface area contributed by atoms with E-state index in [0.717, 1.165) is 41.0 Å². The summed E-state index contributed by atoms with van der Waals surface area (Å²) in [6.07, 6.45) is 2.75. The number of benzene rings is 1. The standard InChI is InChI=1S/C18H24N2OS/c1-12(21)17(19)15-10-18(2,3)9-8-16(15)20-11-13-4-6-14(22)7-5-13/h4-7,21-22H,1,8-11,19H2,2-3H3. The van der Waals surface area contributed by atoms with Crippen molar-refractivity contribution >= 4 is 18.3 Å². The molecule has 1 saturated carbocycles. The van der Waals surface area contributed by atoms with Crippen molar-refractivity contribution in [2.45, 2.75) is 44.6 Å². The third-order valence-corrected chi connectivity index (χ3v) is 4.37. The van der Waals surface area contributed by atoms with Gasteiger partial charge in [-0.25, -0.2) is 0 Å². The molecule has 3 nitrogen and oxygen atoms in total. The lowest BCUT2D eigenvalue weighted by atomic mass is 9.73. The number of thiol groups is 1. The van der Waals surface area contributed by atoms with Crippen molar-refractivity contribution in [3.05, 3.63) is 53.4 Å². The summed E-state index contributed by atoms with van der Waals surface area (Å²) in [7, 11) is 0. The van der Waals surface area contributed by atoms with Gasteiger partial charge in [0.1, 0.15) is 5.76 Å². The zero-order valence-corrected chi connectivity index (χ0v) is 14.2. The van der Waals surface area contributed by atoms with Gasteiger partial charge < -0.3 is 10.8 Å². The van der Waals surface area contributed by atoms with Crippen LogP contribution in [-0.2, 0) is 6.54 Å². The SMILES string of the molecule is C=C(O)C(N)=C1CC(C)(C)CCC1=NCc1ccc(S)cc1. The topological polar surface area (TPSA) is 58.6 Å². The van der Waals surface area contributed by atoms with E-state index < -0.39 is 0 Å². The Bertz CT molecular complexity index is 627. The fourth-order valence-electron chi connectivity index (χ4n) is 2.66. The van der Waals surface area contributed by atoms with Gasteiger partial charge in [0.2, 0.25) is 0 Å². The maximum Gasteiger partial charge on any atom is 0.131 e. The second-order valence-corrected chi connectivity index (χ2v) is 7.13. The Morgan fingerprint density at radius 2 is 2.00 bits per heavy atom. The van der Waals surface area contributed by atoms with Crippen LogP contribution in [0.25, 0.3) is 0 Å². The molecule has 0 saturated heterocycles. The summed E-state index contributed by atoms with van der Waals surface area (Å²) < 4.78 is 0. The summed E-state index contributed by atoms with van der Waals surface area (Å²) in [5.41, 5.74) is 9.63. The number of aliphatic hydroxyl groups is 1. The van der Waals surface area contributed by atoms with Gasteiger partial charge in [-0.1, -0.05) is 32.6 Å². The number of hydrogen-bond acceptors (Lipinski definition) is 4. The molecule has 0 spiro atoms. The van der Waals surface area contributed by atoms with Crippen LogP contribution in [0.5, 0.6) is 0 Å². The van der Waals surface area contributed by atoms with Crippen LogP contribution in [0.1, 0.15) is 38.7 Å². The molecule has 1 aromatic carbocycles. The molecule has 0 heterocycles.